The summed E-state index contributed by atoms with van der Waals surface area (Å²) in [4.78, 5) is 0. The highest BCUT2D eigenvalue weighted by molar-refractivity contribution is 9.10. The summed E-state index contributed by atoms with van der Waals surface area (Å²) in [6.45, 7) is 0. The molecule has 0 saturated carbocycles. The highest BCUT2D eigenvalue weighted by atomic mass is 79.9. The van der Waals surface area contributed by atoms with Crippen molar-refractivity contribution in [2.75, 3.05) is 0 Å². The third-order valence-corrected chi connectivity index (χ3v) is 3.15. The molecule has 1 unspecified atom stereocenters. The zero-order chi connectivity index (χ0) is 14.2. The predicted molar refractivity (Wildman–Crippen MR) is 66.4 cm³/mol. The minimum Gasteiger partial charge on any atom is -0.320 e. The first kappa shape index (κ1) is 14.0. The van der Waals surface area contributed by atoms with Gasteiger partial charge in [0.05, 0.1) is 6.04 Å². The van der Waals surface area contributed by atoms with Gasteiger partial charge >= 0.3 is 0 Å². The lowest BCUT2D eigenvalue weighted by atomic mass is 9.98. The standard InChI is InChI=1S/C13H8BrF4N/c14-6-1-2-8(9(16)3-6)13(19)12-10(17)4-7(15)5-11(12)18/h1-5,13H,19H2. The number of hydrogen-bond donors (Lipinski definition) is 1. The van der Waals surface area contributed by atoms with E-state index in [1.165, 1.54) is 12.1 Å². The Kier molecular flexibility index (Phi) is 3.91. The third kappa shape index (κ3) is 2.79. The molecule has 0 saturated heterocycles. The number of benzene rings is 2. The van der Waals surface area contributed by atoms with E-state index in [1.54, 1.807) is 0 Å². The molecule has 2 N–H and O–H groups in total. The molecule has 1 nitrogen and oxygen atoms in total. The number of nitrogens with two attached hydrogens (primary N) is 1. The third-order valence-electron chi connectivity index (χ3n) is 2.65. The van der Waals surface area contributed by atoms with Gasteiger partial charge in [-0.25, -0.2) is 17.6 Å². The molecule has 2 rings (SSSR count). The fraction of sp³-hybridized carbons (Fsp3) is 0.0769. The van der Waals surface area contributed by atoms with E-state index in [9.17, 15) is 17.6 Å². The number of rotatable bonds is 2. The van der Waals surface area contributed by atoms with E-state index < -0.39 is 34.9 Å². The summed E-state index contributed by atoms with van der Waals surface area (Å²) in [7, 11) is 0. The van der Waals surface area contributed by atoms with Crippen LogP contribution in [-0.2, 0) is 0 Å². The van der Waals surface area contributed by atoms with Gasteiger partial charge in [-0.3, -0.25) is 0 Å². The van der Waals surface area contributed by atoms with Gasteiger partial charge in [-0.15, -0.1) is 0 Å². The highest BCUT2D eigenvalue weighted by Crippen LogP contribution is 2.28. The van der Waals surface area contributed by atoms with Crippen molar-refractivity contribution >= 4 is 15.9 Å². The minimum absolute atomic E-state index is 0.0763. The summed E-state index contributed by atoms with van der Waals surface area (Å²) in [5.41, 5.74) is 5.02. The van der Waals surface area contributed by atoms with Crippen LogP contribution in [0.25, 0.3) is 0 Å². The van der Waals surface area contributed by atoms with Crippen molar-refractivity contribution in [3.05, 3.63) is 69.2 Å². The Labute approximate surface area is 115 Å². The number of hydrogen-bond acceptors (Lipinski definition) is 1. The van der Waals surface area contributed by atoms with Gasteiger partial charge in [0.1, 0.15) is 23.3 Å². The van der Waals surface area contributed by atoms with Gasteiger partial charge < -0.3 is 5.73 Å². The molecule has 2 aromatic rings. The van der Waals surface area contributed by atoms with E-state index in [-0.39, 0.29) is 5.56 Å². The Hall–Kier alpha value is -1.40. The highest BCUT2D eigenvalue weighted by Gasteiger charge is 2.22. The van der Waals surface area contributed by atoms with E-state index >= 15 is 0 Å². The van der Waals surface area contributed by atoms with Gasteiger partial charge in [0.15, 0.2) is 0 Å². The fourth-order valence-electron chi connectivity index (χ4n) is 1.76. The summed E-state index contributed by atoms with van der Waals surface area (Å²) in [6, 6.07) is 3.61. The Morgan fingerprint density at radius 2 is 1.47 bits per heavy atom. The SMILES string of the molecule is NC(c1ccc(Br)cc1F)c1c(F)cc(F)cc1F. The normalized spacial score (nSPS) is 12.5. The van der Waals surface area contributed by atoms with Gasteiger partial charge in [-0.2, -0.15) is 0 Å². The molecule has 0 amide bonds. The second kappa shape index (κ2) is 5.30. The predicted octanol–water partition coefficient (Wildman–Crippen LogP) is 4.05. The van der Waals surface area contributed by atoms with Crippen molar-refractivity contribution in [2.45, 2.75) is 6.04 Å². The average molecular weight is 334 g/mol. The van der Waals surface area contributed by atoms with Crippen molar-refractivity contribution in [2.24, 2.45) is 5.73 Å². The van der Waals surface area contributed by atoms with E-state index in [1.807, 2.05) is 0 Å². The van der Waals surface area contributed by atoms with Crippen molar-refractivity contribution in [3.63, 3.8) is 0 Å². The Morgan fingerprint density at radius 1 is 0.895 bits per heavy atom. The monoisotopic (exact) mass is 333 g/mol. The van der Waals surface area contributed by atoms with E-state index in [2.05, 4.69) is 15.9 Å². The lowest BCUT2D eigenvalue weighted by Gasteiger charge is -2.15. The molecule has 0 radical (unpaired) electrons. The van der Waals surface area contributed by atoms with E-state index in [0.29, 0.717) is 16.6 Å². The van der Waals surface area contributed by atoms with Gasteiger partial charge in [0.25, 0.3) is 0 Å². The minimum atomic E-state index is -1.35. The Morgan fingerprint density at radius 3 is 2.00 bits per heavy atom. The van der Waals surface area contributed by atoms with Gasteiger partial charge in [0.2, 0.25) is 0 Å². The van der Waals surface area contributed by atoms with Crippen LogP contribution in [0.2, 0.25) is 0 Å². The lowest BCUT2D eigenvalue weighted by Crippen LogP contribution is -2.17. The van der Waals surface area contributed by atoms with Crippen LogP contribution in [0.4, 0.5) is 17.6 Å². The molecule has 0 spiro atoms. The number of halogens is 5. The quantitative estimate of drug-likeness (QED) is 0.824. The molecule has 2 aromatic carbocycles. The molecular weight excluding hydrogens is 326 g/mol. The van der Waals surface area contributed by atoms with Gasteiger partial charge in [-0.05, 0) is 12.1 Å². The molecule has 19 heavy (non-hydrogen) atoms. The van der Waals surface area contributed by atoms with Crippen LogP contribution < -0.4 is 5.73 Å². The molecule has 0 heterocycles. The van der Waals surface area contributed by atoms with Crippen molar-refractivity contribution in [1.82, 2.24) is 0 Å². The second-order valence-electron chi connectivity index (χ2n) is 3.93. The summed E-state index contributed by atoms with van der Waals surface area (Å²) < 4.78 is 54.1. The van der Waals surface area contributed by atoms with E-state index in [0.717, 1.165) is 6.07 Å². The molecule has 6 heteroatoms. The second-order valence-corrected chi connectivity index (χ2v) is 4.84. The molecule has 0 aromatic heterocycles. The summed E-state index contributed by atoms with van der Waals surface area (Å²) >= 11 is 3.06. The fourth-order valence-corrected chi connectivity index (χ4v) is 2.09. The molecule has 0 aliphatic carbocycles. The summed E-state index contributed by atoms with van der Waals surface area (Å²) in [6.07, 6.45) is 0. The first-order valence-electron chi connectivity index (χ1n) is 5.25. The maximum atomic E-state index is 13.7. The summed E-state index contributed by atoms with van der Waals surface area (Å²) in [5, 5.41) is 0. The van der Waals surface area contributed by atoms with E-state index in [4.69, 9.17) is 5.73 Å². The van der Waals surface area contributed by atoms with Crippen LogP contribution in [0.3, 0.4) is 0 Å². The van der Waals surface area contributed by atoms with Crippen molar-refractivity contribution in [1.29, 1.82) is 0 Å². The van der Waals surface area contributed by atoms with Crippen LogP contribution in [0, 0.1) is 23.3 Å². The Bertz CT molecular complexity index is 607. The van der Waals surface area contributed by atoms with Crippen LogP contribution in [0.1, 0.15) is 17.2 Å². The smallest absolute Gasteiger partial charge is 0.134 e. The first-order chi connectivity index (χ1) is 8.90. The van der Waals surface area contributed by atoms with Crippen LogP contribution >= 0.6 is 15.9 Å². The molecule has 0 aliphatic heterocycles. The summed E-state index contributed by atoms with van der Waals surface area (Å²) in [5.74, 6) is -4.05. The molecule has 100 valence electrons. The molecule has 0 bridgehead atoms. The van der Waals surface area contributed by atoms with Gasteiger partial charge in [-0.1, -0.05) is 22.0 Å². The maximum absolute atomic E-state index is 13.7. The molecule has 1 atom stereocenters. The molecule has 0 aliphatic rings. The maximum Gasteiger partial charge on any atom is 0.134 e. The largest absolute Gasteiger partial charge is 0.320 e. The molecule has 0 fully saturated rings. The zero-order valence-electron chi connectivity index (χ0n) is 9.43. The Balaban J connectivity index is 2.53. The van der Waals surface area contributed by atoms with Crippen LogP contribution in [0.5, 0.6) is 0 Å². The van der Waals surface area contributed by atoms with Crippen LogP contribution in [-0.4, -0.2) is 0 Å². The van der Waals surface area contributed by atoms with Crippen molar-refractivity contribution in [3.8, 4) is 0 Å². The first-order valence-corrected chi connectivity index (χ1v) is 6.04. The zero-order valence-corrected chi connectivity index (χ0v) is 11.0. The average Bonchev–Trinajstić information content (AvgIpc) is 2.26. The molecular formula is C13H8BrF4N. The van der Waals surface area contributed by atoms with Crippen LogP contribution in [0.15, 0.2) is 34.8 Å². The van der Waals surface area contributed by atoms with Crippen molar-refractivity contribution < 1.29 is 17.6 Å². The van der Waals surface area contributed by atoms with Gasteiger partial charge in [0, 0.05) is 27.7 Å². The topological polar surface area (TPSA) is 26.0 Å². The lowest BCUT2D eigenvalue weighted by molar-refractivity contribution is 0.509.